The molecule has 1 unspecified atom stereocenters. The second-order valence-corrected chi connectivity index (χ2v) is 7.12. The van der Waals surface area contributed by atoms with Crippen LogP contribution in [-0.4, -0.2) is 25.5 Å². The van der Waals surface area contributed by atoms with Crippen molar-refractivity contribution in [2.45, 2.75) is 20.0 Å². The van der Waals surface area contributed by atoms with E-state index in [1.165, 1.54) is 0 Å². The molecule has 0 aliphatic heterocycles. The van der Waals surface area contributed by atoms with Crippen molar-refractivity contribution < 1.29 is 13.5 Å². The summed E-state index contributed by atoms with van der Waals surface area (Å²) in [6.45, 7) is 3.83. The molecule has 1 aromatic heterocycles. The van der Waals surface area contributed by atoms with Crippen LogP contribution >= 0.6 is 11.3 Å². The molecule has 0 radical (unpaired) electrons. The average molecular weight is 234 g/mol. The van der Waals surface area contributed by atoms with Crippen LogP contribution in [0.2, 0.25) is 0 Å². The molecule has 0 aliphatic carbocycles. The van der Waals surface area contributed by atoms with Gasteiger partial charge in [0.25, 0.3) is 0 Å². The topological polar surface area (TPSA) is 54.4 Å². The van der Waals surface area contributed by atoms with Crippen LogP contribution in [0.3, 0.4) is 0 Å². The zero-order valence-electron chi connectivity index (χ0n) is 8.44. The number of rotatable bonds is 3. The number of hydrogen-bond donors (Lipinski definition) is 1. The predicted molar refractivity (Wildman–Crippen MR) is 58.5 cm³/mol. The number of aliphatic hydroxyl groups excluding tert-OH is 1. The molecule has 1 heterocycles. The summed E-state index contributed by atoms with van der Waals surface area (Å²) in [7, 11) is -3.12. The lowest BCUT2D eigenvalue weighted by Crippen LogP contribution is -2.12. The molecule has 0 aliphatic rings. The van der Waals surface area contributed by atoms with Gasteiger partial charge in [0.05, 0.1) is 11.9 Å². The maximum absolute atomic E-state index is 11.0. The lowest BCUT2D eigenvalue weighted by Gasteiger charge is -2.08. The maximum atomic E-state index is 11.0. The van der Waals surface area contributed by atoms with Crippen molar-refractivity contribution in [2.24, 2.45) is 0 Å². The monoisotopic (exact) mass is 234 g/mol. The molecule has 0 amide bonds. The van der Waals surface area contributed by atoms with Gasteiger partial charge in [-0.25, -0.2) is 8.42 Å². The Bertz CT molecular complexity index is 417. The Kier molecular flexibility index (Phi) is 3.34. The Balaban J connectivity index is 2.90. The quantitative estimate of drug-likeness (QED) is 0.861. The largest absolute Gasteiger partial charge is 0.387 e. The molecule has 0 fully saturated rings. The fourth-order valence-electron chi connectivity index (χ4n) is 1.36. The molecule has 0 spiro atoms. The first-order chi connectivity index (χ1) is 6.29. The summed E-state index contributed by atoms with van der Waals surface area (Å²) in [5.41, 5.74) is 0.734. The van der Waals surface area contributed by atoms with Gasteiger partial charge in [-0.05, 0) is 25.5 Å². The molecule has 0 aromatic carbocycles. The van der Waals surface area contributed by atoms with E-state index in [0.717, 1.165) is 21.6 Å². The van der Waals surface area contributed by atoms with Crippen LogP contribution in [0.5, 0.6) is 0 Å². The Hall–Kier alpha value is -0.390. The van der Waals surface area contributed by atoms with E-state index < -0.39 is 15.9 Å². The number of thiophene rings is 1. The molecule has 1 rings (SSSR count). The second-order valence-electron chi connectivity index (χ2n) is 3.48. The normalized spacial score (nSPS) is 14.3. The van der Waals surface area contributed by atoms with Crippen LogP contribution < -0.4 is 0 Å². The van der Waals surface area contributed by atoms with E-state index in [2.05, 4.69) is 0 Å². The smallest absolute Gasteiger partial charge is 0.150 e. The van der Waals surface area contributed by atoms with Crippen LogP contribution in [0, 0.1) is 13.8 Å². The van der Waals surface area contributed by atoms with Gasteiger partial charge in [0.1, 0.15) is 9.84 Å². The van der Waals surface area contributed by atoms with Crippen molar-refractivity contribution in [2.75, 3.05) is 12.0 Å². The maximum Gasteiger partial charge on any atom is 0.150 e. The van der Waals surface area contributed by atoms with Gasteiger partial charge in [0, 0.05) is 16.0 Å². The first-order valence-electron chi connectivity index (χ1n) is 4.22. The summed E-state index contributed by atoms with van der Waals surface area (Å²) in [4.78, 5) is 2.07. The molecule has 0 saturated heterocycles. The van der Waals surface area contributed by atoms with Crippen LogP contribution in [0.25, 0.3) is 0 Å². The molecule has 5 heteroatoms. The van der Waals surface area contributed by atoms with Gasteiger partial charge in [-0.2, -0.15) is 0 Å². The van der Waals surface area contributed by atoms with Crippen molar-refractivity contribution in [3.05, 3.63) is 21.4 Å². The summed E-state index contributed by atoms with van der Waals surface area (Å²) >= 11 is 1.57. The van der Waals surface area contributed by atoms with Crippen LogP contribution in [0.15, 0.2) is 6.07 Å². The van der Waals surface area contributed by atoms with Crippen LogP contribution in [-0.2, 0) is 9.84 Å². The Morgan fingerprint density at radius 2 is 2.07 bits per heavy atom. The molecule has 0 bridgehead atoms. The van der Waals surface area contributed by atoms with Gasteiger partial charge in [0.15, 0.2) is 0 Å². The van der Waals surface area contributed by atoms with Crippen LogP contribution in [0.4, 0.5) is 0 Å². The summed E-state index contributed by atoms with van der Waals surface area (Å²) in [6, 6.07) is 1.84. The second kappa shape index (κ2) is 4.00. The third-order valence-corrected chi connectivity index (χ3v) is 3.80. The molecule has 1 atom stereocenters. The predicted octanol–water partition coefficient (Wildman–Crippen LogP) is 1.44. The molecule has 0 saturated carbocycles. The van der Waals surface area contributed by atoms with Crippen molar-refractivity contribution in [3.8, 4) is 0 Å². The van der Waals surface area contributed by atoms with E-state index in [1.807, 2.05) is 19.9 Å². The van der Waals surface area contributed by atoms with Crippen molar-refractivity contribution in [1.82, 2.24) is 0 Å². The number of hydrogen-bond acceptors (Lipinski definition) is 4. The summed E-state index contributed by atoms with van der Waals surface area (Å²) in [6.07, 6.45) is 0.236. The fraction of sp³-hybridized carbons (Fsp3) is 0.556. The molecule has 14 heavy (non-hydrogen) atoms. The highest BCUT2D eigenvalue weighted by atomic mass is 32.2. The van der Waals surface area contributed by atoms with E-state index in [4.69, 9.17) is 0 Å². The van der Waals surface area contributed by atoms with Gasteiger partial charge in [-0.15, -0.1) is 11.3 Å². The van der Waals surface area contributed by atoms with Gasteiger partial charge in [-0.1, -0.05) is 0 Å². The van der Waals surface area contributed by atoms with Gasteiger partial charge in [0.2, 0.25) is 0 Å². The van der Waals surface area contributed by atoms with Gasteiger partial charge < -0.3 is 5.11 Å². The Morgan fingerprint density at radius 3 is 2.43 bits per heavy atom. The fourth-order valence-corrected chi connectivity index (χ4v) is 3.09. The van der Waals surface area contributed by atoms with E-state index in [0.29, 0.717) is 0 Å². The van der Waals surface area contributed by atoms with Gasteiger partial charge in [-0.3, -0.25) is 0 Å². The standard InChI is InChI=1S/C9H14O3S2/c1-6-4-8(7(2)13-6)9(10)5-14(3,11)12/h4,9-10H,5H2,1-3H3. The summed E-state index contributed by atoms with van der Waals surface area (Å²) < 4.78 is 22.0. The lowest BCUT2D eigenvalue weighted by molar-refractivity contribution is 0.201. The zero-order valence-corrected chi connectivity index (χ0v) is 10.1. The SMILES string of the molecule is Cc1cc(C(O)CS(C)(=O)=O)c(C)s1. The molecular formula is C9H14O3S2. The zero-order chi connectivity index (χ0) is 10.9. The van der Waals surface area contributed by atoms with Crippen molar-refractivity contribution in [1.29, 1.82) is 0 Å². The Morgan fingerprint density at radius 1 is 1.50 bits per heavy atom. The van der Waals surface area contributed by atoms with Gasteiger partial charge >= 0.3 is 0 Å². The molecule has 1 N–H and O–H groups in total. The molecule has 1 aromatic rings. The summed E-state index contributed by atoms with van der Waals surface area (Å²) in [5.74, 6) is -0.204. The first kappa shape index (κ1) is 11.7. The highest BCUT2D eigenvalue weighted by Gasteiger charge is 2.17. The minimum Gasteiger partial charge on any atom is -0.387 e. The number of aryl methyl sites for hydroxylation is 2. The Labute approximate surface area is 88.3 Å². The van der Waals surface area contributed by atoms with E-state index in [-0.39, 0.29) is 5.75 Å². The molecule has 80 valence electrons. The van der Waals surface area contributed by atoms with E-state index >= 15 is 0 Å². The highest BCUT2D eigenvalue weighted by Crippen LogP contribution is 2.26. The van der Waals surface area contributed by atoms with Crippen molar-refractivity contribution in [3.63, 3.8) is 0 Å². The van der Waals surface area contributed by atoms with E-state index in [1.54, 1.807) is 11.3 Å². The third-order valence-electron chi connectivity index (χ3n) is 1.90. The van der Waals surface area contributed by atoms with Crippen molar-refractivity contribution >= 4 is 21.2 Å². The van der Waals surface area contributed by atoms with Crippen LogP contribution in [0.1, 0.15) is 21.4 Å². The summed E-state index contributed by atoms with van der Waals surface area (Å²) in [5, 5.41) is 9.68. The first-order valence-corrected chi connectivity index (χ1v) is 7.10. The molecule has 3 nitrogen and oxygen atoms in total. The lowest BCUT2D eigenvalue weighted by atomic mass is 10.1. The highest BCUT2D eigenvalue weighted by molar-refractivity contribution is 7.90. The van der Waals surface area contributed by atoms with E-state index in [9.17, 15) is 13.5 Å². The minimum absolute atomic E-state index is 0.204. The minimum atomic E-state index is -3.12. The molecular weight excluding hydrogens is 220 g/mol. The number of aliphatic hydroxyl groups is 1. The third kappa shape index (κ3) is 3.08. The average Bonchev–Trinajstić information content (AvgIpc) is 2.26. The number of sulfone groups is 1.